The van der Waals surface area contributed by atoms with Crippen LogP contribution >= 0.6 is 0 Å². The molecule has 0 amide bonds. The highest BCUT2D eigenvalue weighted by molar-refractivity contribution is 4.79. The fourth-order valence-electron chi connectivity index (χ4n) is 2.62. The van der Waals surface area contributed by atoms with E-state index in [1.807, 2.05) is 0 Å². The lowest BCUT2D eigenvalue weighted by atomic mass is 9.91. The first-order valence-electron chi connectivity index (χ1n) is 7.42. The molecule has 0 saturated carbocycles. The number of piperidine rings is 1. The standard InChI is InChI=1S/C14H30N2O2/c1-3-16-8-4-6-14(12-16)13(2)15-7-5-10-18-11-9-17/h13-15,17H,3-12H2,1-2H3. The third-order valence-corrected chi connectivity index (χ3v) is 3.86. The van der Waals surface area contributed by atoms with Crippen LogP contribution in [0, 0.1) is 5.92 Å². The quantitative estimate of drug-likeness (QED) is 0.608. The van der Waals surface area contributed by atoms with E-state index in [4.69, 9.17) is 9.84 Å². The van der Waals surface area contributed by atoms with Crippen LogP contribution in [0.5, 0.6) is 0 Å². The lowest BCUT2D eigenvalue weighted by Gasteiger charge is -2.35. The van der Waals surface area contributed by atoms with Gasteiger partial charge in [0.25, 0.3) is 0 Å². The second kappa shape index (κ2) is 9.73. The number of nitrogens with zero attached hydrogens (tertiary/aromatic N) is 1. The molecule has 0 bridgehead atoms. The number of hydrogen-bond acceptors (Lipinski definition) is 4. The predicted octanol–water partition coefficient (Wildman–Crippen LogP) is 1.10. The predicted molar refractivity (Wildman–Crippen MR) is 74.8 cm³/mol. The van der Waals surface area contributed by atoms with Gasteiger partial charge in [0.2, 0.25) is 0 Å². The second-order valence-corrected chi connectivity index (χ2v) is 5.23. The molecule has 1 fully saturated rings. The number of hydrogen-bond donors (Lipinski definition) is 2. The zero-order valence-corrected chi connectivity index (χ0v) is 12.0. The summed E-state index contributed by atoms with van der Waals surface area (Å²) in [6, 6.07) is 0.595. The average Bonchev–Trinajstić information content (AvgIpc) is 2.42. The van der Waals surface area contributed by atoms with Crippen LogP contribution in [0.2, 0.25) is 0 Å². The SMILES string of the molecule is CCN1CCCC(C(C)NCCCOCCO)C1. The van der Waals surface area contributed by atoms with Gasteiger partial charge in [0.05, 0.1) is 13.2 Å². The zero-order chi connectivity index (χ0) is 13.2. The van der Waals surface area contributed by atoms with Crippen LogP contribution in [0.4, 0.5) is 0 Å². The van der Waals surface area contributed by atoms with E-state index in [2.05, 4.69) is 24.1 Å². The van der Waals surface area contributed by atoms with Crippen LogP contribution in [0.15, 0.2) is 0 Å². The highest BCUT2D eigenvalue weighted by atomic mass is 16.5. The molecule has 0 spiro atoms. The molecule has 0 aromatic carbocycles. The Hall–Kier alpha value is -0.160. The van der Waals surface area contributed by atoms with E-state index in [0.717, 1.165) is 25.5 Å². The van der Waals surface area contributed by atoms with Crippen LogP contribution < -0.4 is 5.32 Å². The summed E-state index contributed by atoms with van der Waals surface area (Å²) in [7, 11) is 0. The minimum Gasteiger partial charge on any atom is -0.394 e. The third kappa shape index (κ3) is 6.14. The Kier molecular flexibility index (Phi) is 8.59. The Labute approximate surface area is 112 Å². The van der Waals surface area contributed by atoms with Crippen molar-refractivity contribution in [3.05, 3.63) is 0 Å². The van der Waals surface area contributed by atoms with E-state index in [1.54, 1.807) is 0 Å². The zero-order valence-electron chi connectivity index (χ0n) is 12.0. The van der Waals surface area contributed by atoms with Crippen molar-refractivity contribution in [2.45, 2.75) is 39.2 Å². The van der Waals surface area contributed by atoms with Gasteiger partial charge in [-0.1, -0.05) is 6.92 Å². The van der Waals surface area contributed by atoms with Gasteiger partial charge in [-0.05, 0) is 51.7 Å². The van der Waals surface area contributed by atoms with Crippen LogP contribution in [-0.4, -0.2) is 62.0 Å². The maximum Gasteiger partial charge on any atom is 0.0697 e. The van der Waals surface area contributed by atoms with Crippen LogP contribution in [0.25, 0.3) is 0 Å². The van der Waals surface area contributed by atoms with Crippen molar-refractivity contribution in [1.29, 1.82) is 0 Å². The van der Waals surface area contributed by atoms with Gasteiger partial charge in [-0.25, -0.2) is 0 Å². The van der Waals surface area contributed by atoms with Crippen LogP contribution in [0.1, 0.15) is 33.1 Å². The van der Waals surface area contributed by atoms with E-state index in [-0.39, 0.29) is 6.61 Å². The topological polar surface area (TPSA) is 44.7 Å². The van der Waals surface area contributed by atoms with E-state index < -0.39 is 0 Å². The Morgan fingerprint density at radius 2 is 2.28 bits per heavy atom. The van der Waals surface area contributed by atoms with Gasteiger partial charge >= 0.3 is 0 Å². The Balaban J connectivity index is 2.06. The van der Waals surface area contributed by atoms with Crippen molar-refractivity contribution < 1.29 is 9.84 Å². The molecule has 4 heteroatoms. The number of aliphatic hydroxyl groups excluding tert-OH is 1. The van der Waals surface area contributed by atoms with Gasteiger partial charge in [-0.2, -0.15) is 0 Å². The molecule has 0 aliphatic carbocycles. The first kappa shape index (κ1) is 15.9. The maximum atomic E-state index is 8.58. The summed E-state index contributed by atoms with van der Waals surface area (Å²) in [6.07, 6.45) is 3.71. The Morgan fingerprint density at radius 1 is 1.44 bits per heavy atom. The number of rotatable bonds is 9. The van der Waals surface area contributed by atoms with Crippen molar-refractivity contribution in [1.82, 2.24) is 10.2 Å². The molecule has 0 aromatic rings. The molecule has 1 aliphatic heterocycles. The first-order valence-corrected chi connectivity index (χ1v) is 7.42. The van der Waals surface area contributed by atoms with Crippen molar-refractivity contribution in [3.63, 3.8) is 0 Å². The lowest BCUT2D eigenvalue weighted by Crippen LogP contribution is -2.44. The second-order valence-electron chi connectivity index (χ2n) is 5.23. The van der Waals surface area contributed by atoms with E-state index >= 15 is 0 Å². The summed E-state index contributed by atoms with van der Waals surface area (Å²) >= 11 is 0. The van der Waals surface area contributed by atoms with Crippen molar-refractivity contribution >= 4 is 0 Å². The summed E-state index contributed by atoms with van der Waals surface area (Å²) in [5.74, 6) is 0.789. The molecule has 1 aliphatic rings. The summed E-state index contributed by atoms with van der Waals surface area (Å²) in [4.78, 5) is 2.55. The fraction of sp³-hybridized carbons (Fsp3) is 1.00. The van der Waals surface area contributed by atoms with E-state index in [9.17, 15) is 0 Å². The van der Waals surface area contributed by atoms with Gasteiger partial charge in [0, 0.05) is 19.2 Å². The highest BCUT2D eigenvalue weighted by Gasteiger charge is 2.23. The van der Waals surface area contributed by atoms with Crippen LogP contribution in [0.3, 0.4) is 0 Å². The number of likely N-dealkylation sites (tertiary alicyclic amines) is 1. The fourth-order valence-corrected chi connectivity index (χ4v) is 2.62. The Bertz CT molecular complexity index is 202. The molecule has 0 radical (unpaired) electrons. The van der Waals surface area contributed by atoms with Gasteiger partial charge in [0.15, 0.2) is 0 Å². The van der Waals surface area contributed by atoms with Gasteiger partial charge in [-0.15, -0.1) is 0 Å². The van der Waals surface area contributed by atoms with Gasteiger partial charge in [-0.3, -0.25) is 0 Å². The molecular formula is C14H30N2O2. The van der Waals surface area contributed by atoms with E-state index in [0.29, 0.717) is 12.6 Å². The summed E-state index contributed by atoms with van der Waals surface area (Å²) in [6.45, 7) is 10.6. The Morgan fingerprint density at radius 3 is 3.00 bits per heavy atom. The average molecular weight is 258 g/mol. The highest BCUT2D eigenvalue weighted by Crippen LogP contribution is 2.19. The van der Waals surface area contributed by atoms with Crippen molar-refractivity contribution in [2.75, 3.05) is 46.0 Å². The minimum atomic E-state index is 0.124. The minimum absolute atomic E-state index is 0.124. The summed E-state index contributed by atoms with van der Waals surface area (Å²) in [5.41, 5.74) is 0. The maximum absolute atomic E-state index is 8.58. The molecule has 4 nitrogen and oxygen atoms in total. The number of aliphatic hydroxyl groups is 1. The summed E-state index contributed by atoms with van der Waals surface area (Å²) in [5, 5.41) is 12.2. The first-order chi connectivity index (χ1) is 8.77. The number of nitrogens with one attached hydrogen (secondary N) is 1. The van der Waals surface area contributed by atoms with Crippen molar-refractivity contribution in [2.24, 2.45) is 5.92 Å². The van der Waals surface area contributed by atoms with Crippen LogP contribution in [-0.2, 0) is 4.74 Å². The van der Waals surface area contributed by atoms with Gasteiger partial charge < -0.3 is 20.1 Å². The molecule has 108 valence electrons. The largest absolute Gasteiger partial charge is 0.394 e. The smallest absolute Gasteiger partial charge is 0.0697 e. The van der Waals surface area contributed by atoms with Crippen molar-refractivity contribution in [3.8, 4) is 0 Å². The molecule has 1 heterocycles. The van der Waals surface area contributed by atoms with E-state index in [1.165, 1.54) is 32.5 Å². The molecule has 18 heavy (non-hydrogen) atoms. The monoisotopic (exact) mass is 258 g/mol. The molecule has 2 unspecified atom stereocenters. The molecule has 1 saturated heterocycles. The molecular weight excluding hydrogens is 228 g/mol. The molecule has 1 rings (SSSR count). The molecule has 0 aromatic heterocycles. The van der Waals surface area contributed by atoms with Gasteiger partial charge in [0.1, 0.15) is 0 Å². The number of ether oxygens (including phenoxy) is 1. The third-order valence-electron chi connectivity index (χ3n) is 3.86. The molecule has 2 N–H and O–H groups in total. The summed E-state index contributed by atoms with van der Waals surface area (Å²) < 4.78 is 5.25. The molecule has 2 atom stereocenters. The normalized spacial score (nSPS) is 23.2. The lowest BCUT2D eigenvalue weighted by molar-refractivity contribution is 0.0894.